The first-order chi connectivity index (χ1) is 12.7. The van der Waals surface area contributed by atoms with Gasteiger partial charge in [-0.25, -0.2) is 8.78 Å². The molecule has 0 radical (unpaired) electrons. The van der Waals surface area contributed by atoms with Gasteiger partial charge in [-0.2, -0.15) is 0 Å². The first kappa shape index (κ1) is 18.3. The Morgan fingerprint density at radius 3 is 2.35 bits per heavy atom. The predicted octanol–water partition coefficient (Wildman–Crippen LogP) is 3.54. The van der Waals surface area contributed by atoms with Gasteiger partial charge >= 0.3 is 0 Å². The Hall–Kier alpha value is -1.04. The molecule has 1 aromatic rings. The van der Waals surface area contributed by atoms with Crippen LogP contribution < -0.4 is 0 Å². The summed E-state index contributed by atoms with van der Waals surface area (Å²) in [4.78, 5) is 4.74. The van der Waals surface area contributed by atoms with Gasteiger partial charge in [0.15, 0.2) is 0 Å². The maximum absolute atomic E-state index is 13.8. The van der Waals surface area contributed by atoms with E-state index in [9.17, 15) is 8.78 Å². The van der Waals surface area contributed by atoms with Crippen LogP contribution in [0.2, 0.25) is 0 Å². The van der Waals surface area contributed by atoms with E-state index < -0.39 is 11.6 Å². The molecule has 2 aliphatic heterocycles. The van der Waals surface area contributed by atoms with Gasteiger partial charge < -0.3 is 9.64 Å². The monoisotopic (exact) mass is 364 g/mol. The average Bonchev–Trinajstić information content (AvgIpc) is 3.10. The van der Waals surface area contributed by atoms with Gasteiger partial charge in [0.2, 0.25) is 0 Å². The van der Waals surface area contributed by atoms with Crippen LogP contribution in [0.25, 0.3) is 0 Å². The van der Waals surface area contributed by atoms with E-state index in [0.29, 0.717) is 24.3 Å². The Labute approximate surface area is 155 Å². The Morgan fingerprint density at radius 1 is 0.962 bits per heavy atom. The van der Waals surface area contributed by atoms with Gasteiger partial charge in [-0.3, -0.25) is 4.90 Å². The first-order valence-electron chi connectivity index (χ1n) is 10.2. The smallest absolute Gasteiger partial charge is 0.130 e. The Morgan fingerprint density at radius 2 is 1.65 bits per heavy atom. The van der Waals surface area contributed by atoms with Crippen molar-refractivity contribution in [3.63, 3.8) is 0 Å². The van der Waals surface area contributed by atoms with E-state index in [1.807, 2.05) is 0 Å². The van der Waals surface area contributed by atoms with E-state index in [4.69, 9.17) is 4.74 Å². The molecule has 1 saturated carbocycles. The molecule has 3 fully saturated rings. The van der Waals surface area contributed by atoms with Gasteiger partial charge in [0.25, 0.3) is 0 Å². The van der Waals surface area contributed by atoms with Crippen LogP contribution in [0.1, 0.15) is 31.2 Å². The van der Waals surface area contributed by atoms with E-state index in [2.05, 4.69) is 9.80 Å². The van der Waals surface area contributed by atoms with E-state index in [1.165, 1.54) is 57.1 Å². The molecule has 3 aliphatic rings. The molecule has 1 aromatic carbocycles. The van der Waals surface area contributed by atoms with Crippen molar-refractivity contribution in [2.45, 2.75) is 32.2 Å². The quantitative estimate of drug-likeness (QED) is 0.656. The number of fused-ring (bicyclic) bond motifs is 1. The molecule has 144 valence electrons. The molecule has 2 unspecified atom stereocenters. The van der Waals surface area contributed by atoms with E-state index in [1.54, 1.807) is 0 Å². The Kier molecular flexibility index (Phi) is 5.87. The number of ether oxygens (including phenoxy) is 1. The number of hydrogen-bond donors (Lipinski definition) is 0. The van der Waals surface area contributed by atoms with Crippen LogP contribution >= 0.6 is 0 Å². The summed E-state index contributed by atoms with van der Waals surface area (Å²) in [6, 6.07) is 4.11. The van der Waals surface area contributed by atoms with E-state index >= 15 is 0 Å². The minimum atomic E-state index is -0.431. The molecule has 1 aliphatic carbocycles. The Bertz CT molecular complexity index is 573. The zero-order chi connectivity index (χ0) is 17.9. The van der Waals surface area contributed by atoms with Crippen molar-refractivity contribution in [1.29, 1.82) is 0 Å². The molecule has 26 heavy (non-hydrogen) atoms. The van der Waals surface area contributed by atoms with E-state index in [0.717, 1.165) is 32.7 Å². The van der Waals surface area contributed by atoms with Crippen LogP contribution in [0.15, 0.2) is 18.2 Å². The van der Waals surface area contributed by atoms with Gasteiger partial charge in [0, 0.05) is 38.3 Å². The minimum Gasteiger partial charge on any atom is -0.381 e. The van der Waals surface area contributed by atoms with Crippen LogP contribution in [-0.2, 0) is 11.3 Å². The Balaban J connectivity index is 1.11. The zero-order valence-corrected chi connectivity index (χ0v) is 15.5. The summed E-state index contributed by atoms with van der Waals surface area (Å²) in [7, 11) is 0. The molecule has 2 heterocycles. The summed E-state index contributed by atoms with van der Waals surface area (Å²) in [5, 5.41) is 0. The van der Waals surface area contributed by atoms with Crippen LogP contribution in [-0.4, -0.2) is 55.7 Å². The highest BCUT2D eigenvalue weighted by Crippen LogP contribution is 2.52. The lowest BCUT2D eigenvalue weighted by molar-refractivity contribution is 0.0966. The van der Waals surface area contributed by atoms with Crippen molar-refractivity contribution >= 4 is 0 Å². The van der Waals surface area contributed by atoms with Crippen molar-refractivity contribution < 1.29 is 13.5 Å². The number of hydrogen-bond acceptors (Lipinski definition) is 3. The fourth-order valence-electron chi connectivity index (χ4n) is 4.81. The summed E-state index contributed by atoms with van der Waals surface area (Å²) in [6.45, 7) is 7.67. The normalized spacial score (nSPS) is 29.1. The van der Waals surface area contributed by atoms with Gasteiger partial charge in [-0.1, -0.05) is 12.5 Å². The van der Waals surface area contributed by atoms with Gasteiger partial charge in [0.05, 0.1) is 6.61 Å². The van der Waals surface area contributed by atoms with Crippen LogP contribution in [0.5, 0.6) is 0 Å². The highest BCUT2D eigenvalue weighted by atomic mass is 19.1. The third-order valence-corrected chi connectivity index (χ3v) is 6.41. The van der Waals surface area contributed by atoms with Crippen molar-refractivity contribution in [3.05, 3.63) is 35.4 Å². The molecule has 2 saturated heterocycles. The molecule has 2 atom stereocenters. The van der Waals surface area contributed by atoms with Gasteiger partial charge in [-0.15, -0.1) is 0 Å². The molecule has 0 amide bonds. The predicted molar refractivity (Wildman–Crippen MR) is 97.8 cm³/mol. The molecule has 3 nitrogen and oxygen atoms in total. The van der Waals surface area contributed by atoms with Crippen molar-refractivity contribution in [2.75, 3.05) is 45.9 Å². The third kappa shape index (κ3) is 4.26. The SMILES string of the molecule is Fc1cccc(F)c1CN1CC2C(COCCCN3CCCCC3)C2C1. The van der Waals surface area contributed by atoms with Crippen molar-refractivity contribution in [3.8, 4) is 0 Å². The summed E-state index contributed by atoms with van der Waals surface area (Å²) in [5.41, 5.74) is 0.208. The lowest BCUT2D eigenvalue weighted by Gasteiger charge is -2.26. The lowest BCUT2D eigenvalue weighted by Crippen LogP contribution is -2.31. The first-order valence-corrected chi connectivity index (χ1v) is 10.2. The number of nitrogens with zero attached hydrogens (tertiary/aromatic N) is 2. The van der Waals surface area contributed by atoms with Crippen LogP contribution in [0.3, 0.4) is 0 Å². The maximum atomic E-state index is 13.8. The number of piperidine rings is 2. The van der Waals surface area contributed by atoms with E-state index in [-0.39, 0.29) is 5.56 Å². The largest absolute Gasteiger partial charge is 0.381 e. The van der Waals surface area contributed by atoms with Crippen molar-refractivity contribution in [1.82, 2.24) is 9.80 Å². The van der Waals surface area contributed by atoms with Crippen molar-refractivity contribution in [2.24, 2.45) is 17.8 Å². The maximum Gasteiger partial charge on any atom is 0.130 e. The van der Waals surface area contributed by atoms with Gasteiger partial charge in [-0.05, 0) is 62.2 Å². The lowest BCUT2D eigenvalue weighted by atomic mass is 10.1. The van der Waals surface area contributed by atoms with Crippen LogP contribution in [0.4, 0.5) is 8.78 Å². The third-order valence-electron chi connectivity index (χ3n) is 6.41. The molecule has 0 N–H and O–H groups in total. The fraction of sp³-hybridized carbons (Fsp3) is 0.714. The summed E-state index contributed by atoms with van der Waals surface area (Å²) in [5.74, 6) is 1.11. The number of rotatable bonds is 8. The number of benzene rings is 1. The second kappa shape index (κ2) is 8.32. The standard InChI is InChI=1S/C21H30F2N2O/c22-20-6-4-7-21(23)18(20)14-25-12-16-17(13-25)19(16)15-26-11-5-10-24-8-2-1-3-9-24/h4,6-7,16-17,19H,1-3,5,8-15H2. The second-order valence-corrected chi connectivity index (χ2v) is 8.22. The summed E-state index contributed by atoms with van der Waals surface area (Å²) < 4.78 is 33.5. The number of halogens is 2. The summed E-state index contributed by atoms with van der Waals surface area (Å²) in [6.07, 6.45) is 5.21. The molecule has 0 aromatic heterocycles. The second-order valence-electron chi connectivity index (χ2n) is 8.22. The summed E-state index contributed by atoms with van der Waals surface area (Å²) >= 11 is 0. The zero-order valence-electron chi connectivity index (χ0n) is 15.5. The topological polar surface area (TPSA) is 15.7 Å². The molecular formula is C21H30F2N2O. The molecule has 0 bridgehead atoms. The fourth-order valence-corrected chi connectivity index (χ4v) is 4.81. The average molecular weight is 364 g/mol. The molecule has 4 rings (SSSR count). The molecular weight excluding hydrogens is 334 g/mol. The van der Waals surface area contributed by atoms with Crippen LogP contribution in [0, 0.1) is 29.4 Å². The molecule has 5 heteroatoms. The van der Waals surface area contributed by atoms with Gasteiger partial charge in [0.1, 0.15) is 11.6 Å². The highest BCUT2D eigenvalue weighted by molar-refractivity contribution is 5.20. The molecule has 0 spiro atoms. The number of likely N-dealkylation sites (tertiary alicyclic amines) is 2. The highest BCUT2D eigenvalue weighted by Gasteiger charge is 2.55. The minimum absolute atomic E-state index is 0.208.